The van der Waals surface area contributed by atoms with E-state index in [0.717, 1.165) is 35.2 Å². The van der Waals surface area contributed by atoms with Gasteiger partial charge < -0.3 is 5.73 Å². The highest BCUT2D eigenvalue weighted by atomic mass is 16.6. The second-order valence-electron chi connectivity index (χ2n) is 4.52. The minimum Gasteiger partial charge on any atom is -0.399 e. The fourth-order valence-electron chi connectivity index (χ4n) is 2.52. The zero-order valence-corrected chi connectivity index (χ0v) is 9.72. The molecular weight excluding hydrogens is 228 g/mol. The predicted molar refractivity (Wildman–Crippen MR) is 70.4 cm³/mol. The Labute approximate surface area is 104 Å². The molecule has 0 saturated carbocycles. The van der Waals surface area contributed by atoms with Crippen LogP contribution in [0.5, 0.6) is 0 Å². The fourth-order valence-corrected chi connectivity index (χ4v) is 2.52. The highest BCUT2D eigenvalue weighted by Gasteiger charge is 2.18. The first kappa shape index (κ1) is 10.8. The molecule has 0 saturated heterocycles. The Morgan fingerprint density at radius 3 is 2.28 bits per heavy atom. The molecule has 0 heterocycles. The molecule has 1 aliphatic rings. The number of nitro benzene ring substituents is 1. The molecule has 0 aromatic heterocycles. The molecule has 0 amide bonds. The zero-order valence-electron chi connectivity index (χ0n) is 9.72. The summed E-state index contributed by atoms with van der Waals surface area (Å²) in [5.74, 6) is 0. The summed E-state index contributed by atoms with van der Waals surface area (Å²) in [6.45, 7) is 0. The molecule has 4 heteroatoms. The van der Waals surface area contributed by atoms with Gasteiger partial charge in [0.1, 0.15) is 0 Å². The normalized spacial score (nSPS) is 12.7. The van der Waals surface area contributed by atoms with Crippen molar-refractivity contribution in [1.29, 1.82) is 0 Å². The van der Waals surface area contributed by atoms with Crippen LogP contribution in [0.15, 0.2) is 36.4 Å². The van der Waals surface area contributed by atoms with Gasteiger partial charge in [-0.15, -0.1) is 0 Å². The summed E-state index contributed by atoms with van der Waals surface area (Å²) in [6, 6.07) is 10.9. The summed E-state index contributed by atoms with van der Waals surface area (Å²) in [5, 5.41) is 10.8. The maximum Gasteiger partial charge on any atom is 0.269 e. The number of nitrogen functional groups attached to an aromatic ring is 1. The number of nitrogens with zero attached hydrogens (tertiary/aromatic N) is 1. The maximum atomic E-state index is 10.8. The van der Waals surface area contributed by atoms with E-state index in [4.69, 9.17) is 5.73 Å². The molecule has 0 unspecified atom stereocenters. The highest BCUT2D eigenvalue weighted by molar-refractivity contribution is 5.75. The van der Waals surface area contributed by atoms with Gasteiger partial charge in [-0.2, -0.15) is 0 Å². The van der Waals surface area contributed by atoms with Crippen LogP contribution in [0, 0.1) is 10.1 Å². The molecule has 0 atom stereocenters. The number of rotatable bonds is 1. The van der Waals surface area contributed by atoms with Gasteiger partial charge in [-0.25, -0.2) is 0 Å². The maximum absolute atomic E-state index is 10.8. The lowest BCUT2D eigenvalue weighted by molar-refractivity contribution is -0.384. The number of non-ortho nitro benzene ring substituents is 1. The average Bonchev–Trinajstić information content (AvgIpc) is 2.37. The third kappa shape index (κ3) is 1.62. The second kappa shape index (κ2) is 3.84. The van der Waals surface area contributed by atoms with Crippen molar-refractivity contribution >= 4 is 11.4 Å². The van der Waals surface area contributed by atoms with Crippen molar-refractivity contribution in [2.75, 3.05) is 5.73 Å². The van der Waals surface area contributed by atoms with Crippen LogP contribution in [0.1, 0.15) is 11.1 Å². The van der Waals surface area contributed by atoms with E-state index in [1.807, 2.05) is 24.3 Å². The van der Waals surface area contributed by atoms with Gasteiger partial charge in [-0.1, -0.05) is 6.07 Å². The van der Waals surface area contributed by atoms with Gasteiger partial charge in [0.2, 0.25) is 0 Å². The van der Waals surface area contributed by atoms with Gasteiger partial charge in [0.05, 0.1) is 4.92 Å². The Bertz CT molecular complexity index is 650. The summed E-state index contributed by atoms with van der Waals surface area (Å²) in [6.07, 6.45) is 1.71. The third-order valence-electron chi connectivity index (χ3n) is 3.38. The molecule has 2 N–H and O–H groups in total. The van der Waals surface area contributed by atoms with Gasteiger partial charge >= 0.3 is 0 Å². The fraction of sp³-hybridized carbons (Fsp3) is 0.143. The van der Waals surface area contributed by atoms with Gasteiger partial charge in [0.25, 0.3) is 5.69 Å². The monoisotopic (exact) mass is 240 g/mol. The molecule has 0 spiro atoms. The van der Waals surface area contributed by atoms with Gasteiger partial charge in [0.15, 0.2) is 0 Å². The smallest absolute Gasteiger partial charge is 0.269 e. The van der Waals surface area contributed by atoms with E-state index in [9.17, 15) is 10.1 Å². The Morgan fingerprint density at radius 2 is 1.61 bits per heavy atom. The van der Waals surface area contributed by atoms with Crippen LogP contribution in [0.3, 0.4) is 0 Å². The second-order valence-corrected chi connectivity index (χ2v) is 4.52. The minimum atomic E-state index is -0.348. The number of nitrogens with two attached hydrogens (primary N) is 1. The average molecular weight is 240 g/mol. The Hall–Kier alpha value is -2.36. The lowest BCUT2D eigenvalue weighted by Gasteiger charge is -2.19. The molecule has 18 heavy (non-hydrogen) atoms. The van der Waals surface area contributed by atoms with Gasteiger partial charge in [-0.3, -0.25) is 10.1 Å². The molecule has 2 aromatic rings. The van der Waals surface area contributed by atoms with Crippen LogP contribution >= 0.6 is 0 Å². The quantitative estimate of drug-likeness (QED) is 0.473. The van der Waals surface area contributed by atoms with Gasteiger partial charge in [-0.05, 0) is 53.3 Å². The highest BCUT2D eigenvalue weighted by Crippen LogP contribution is 2.36. The van der Waals surface area contributed by atoms with Crippen molar-refractivity contribution in [2.45, 2.75) is 12.8 Å². The first-order valence-corrected chi connectivity index (χ1v) is 5.81. The lowest BCUT2D eigenvalue weighted by Crippen LogP contribution is -2.05. The molecule has 2 aromatic carbocycles. The summed E-state index contributed by atoms with van der Waals surface area (Å²) in [7, 11) is 0. The van der Waals surface area contributed by atoms with Crippen LogP contribution in [0.2, 0.25) is 0 Å². The van der Waals surface area contributed by atoms with Crippen molar-refractivity contribution in [2.24, 2.45) is 0 Å². The Morgan fingerprint density at radius 1 is 1.00 bits per heavy atom. The molecule has 0 bridgehead atoms. The van der Waals surface area contributed by atoms with Crippen LogP contribution in [0.4, 0.5) is 11.4 Å². The summed E-state index contributed by atoms with van der Waals surface area (Å²) in [5.41, 5.74) is 11.2. The van der Waals surface area contributed by atoms with E-state index in [1.54, 1.807) is 12.1 Å². The number of hydrogen-bond donors (Lipinski definition) is 1. The van der Waals surface area contributed by atoms with Crippen LogP contribution in [-0.2, 0) is 12.8 Å². The zero-order chi connectivity index (χ0) is 12.7. The van der Waals surface area contributed by atoms with Gasteiger partial charge in [0, 0.05) is 17.8 Å². The van der Waals surface area contributed by atoms with Crippen molar-refractivity contribution in [3.05, 3.63) is 57.6 Å². The van der Waals surface area contributed by atoms with Crippen LogP contribution in [-0.4, -0.2) is 4.92 Å². The lowest BCUT2D eigenvalue weighted by atomic mass is 9.85. The van der Waals surface area contributed by atoms with Crippen LogP contribution in [0.25, 0.3) is 11.1 Å². The number of aryl methyl sites for hydroxylation is 2. The van der Waals surface area contributed by atoms with E-state index in [-0.39, 0.29) is 10.6 Å². The minimum absolute atomic E-state index is 0.160. The number of fused-ring (bicyclic) bond motifs is 3. The summed E-state index contributed by atoms with van der Waals surface area (Å²) < 4.78 is 0. The predicted octanol–water partition coefficient (Wildman–Crippen LogP) is 2.94. The van der Waals surface area contributed by atoms with Crippen LogP contribution < -0.4 is 5.73 Å². The molecule has 1 aliphatic carbocycles. The van der Waals surface area contributed by atoms with E-state index < -0.39 is 0 Å². The van der Waals surface area contributed by atoms with E-state index in [1.165, 1.54) is 5.56 Å². The molecule has 90 valence electrons. The first-order valence-electron chi connectivity index (χ1n) is 5.81. The summed E-state index contributed by atoms with van der Waals surface area (Å²) >= 11 is 0. The van der Waals surface area contributed by atoms with E-state index in [0.29, 0.717) is 0 Å². The standard InChI is InChI=1S/C14H12N2O2/c15-11-3-5-13-9(7-11)1-2-10-8-12(16(17)18)4-6-14(10)13/h3-8H,1-2,15H2. The number of benzene rings is 2. The SMILES string of the molecule is Nc1ccc2c(c1)CCc1cc([N+](=O)[O-])ccc1-2. The first-order chi connectivity index (χ1) is 8.65. The largest absolute Gasteiger partial charge is 0.399 e. The van der Waals surface area contributed by atoms with Crippen molar-refractivity contribution in [3.63, 3.8) is 0 Å². The molecule has 0 fully saturated rings. The van der Waals surface area contributed by atoms with Crippen molar-refractivity contribution in [3.8, 4) is 11.1 Å². The van der Waals surface area contributed by atoms with E-state index >= 15 is 0 Å². The van der Waals surface area contributed by atoms with Crippen molar-refractivity contribution in [1.82, 2.24) is 0 Å². The summed E-state index contributed by atoms with van der Waals surface area (Å²) in [4.78, 5) is 10.4. The molecule has 0 radical (unpaired) electrons. The number of anilines is 1. The molecule has 4 nitrogen and oxygen atoms in total. The Kier molecular flexibility index (Phi) is 2.30. The van der Waals surface area contributed by atoms with Crippen molar-refractivity contribution < 1.29 is 4.92 Å². The van der Waals surface area contributed by atoms with E-state index in [2.05, 4.69) is 0 Å². The third-order valence-corrected chi connectivity index (χ3v) is 3.38. The number of nitro groups is 1. The number of hydrogen-bond acceptors (Lipinski definition) is 3. The topological polar surface area (TPSA) is 69.2 Å². The molecule has 0 aliphatic heterocycles. The molecule has 3 rings (SSSR count). The Balaban J connectivity index is 2.16. The molecular formula is C14H12N2O2.